The second-order valence-corrected chi connectivity index (χ2v) is 3.61. The summed E-state index contributed by atoms with van der Waals surface area (Å²) in [6.45, 7) is 0. The van der Waals surface area contributed by atoms with Crippen LogP contribution in [0.3, 0.4) is 0 Å². The first-order valence-corrected chi connectivity index (χ1v) is 5.28. The average molecular weight is 243 g/mol. The maximum Gasteiger partial charge on any atom is 0.187 e. The SMILES string of the molecule is O=C(C=Cc1c(O)cccc1F)c1cccnc1. The fourth-order valence-corrected chi connectivity index (χ4v) is 1.45. The third-order valence-corrected chi connectivity index (χ3v) is 2.38. The monoisotopic (exact) mass is 243 g/mol. The smallest absolute Gasteiger partial charge is 0.187 e. The molecule has 1 heterocycles. The van der Waals surface area contributed by atoms with E-state index in [0.717, 1.165) is 0 Å². The molecule has 0 aliphatic rings. The molecule has 1 N–H and O–H groups in total. The van der Waals surface area contributed by atoms with Crippen molar-refractivity contribution >= 4 is 11.9 Å². The third kappa shape index (κ3) is 2.60. The molecule has 0 amide bonds. The van der Waals surface area contributed by atoms with Crippen molar-refractivity contribution in [3.8, 4) is 5.75 Å². The highest BCUT2D eigenvalue weighted by Crippen LogP contribution is 2.21. The zero-order valence-corrected chi connectivity index (χ0v) is 9.38. The number of carbonyl (C=O) groups excluding carboxylic acids is 1. The van der Waals surface area contributed by atoms with E-state index in [4.69, 9.17) is 0 Å². The van der Waals surface area contributed by atoms with E-state index in [2.05, 4.69) is 4.98 Å². The van der Waals surface area contributed by atoms with Crippen molar-refractivity contribution in [1.29, 1.82) is 0 Å². The van der Waals surface area contributed by atoms with Crippen molar-refractivity contribution in [3.63, 3.8) is 0 Å². The van der Waals surface area contributed by atoms with Gasteiger partial charge in [-0.2, -0.15) is 0 Å². The molecule has 0 fully saturated rings. The molecule has 90 valence electrons. The minimum Gasteiger partial charge on any atom is -0.507 e. The van der Waals surface area contributed by atoms with Crippen LogP contribution >= 0.6 is 0 Å². The van der Waals surface area contributed by atoms with Crippen LogP contribution in [0, 0.1) is 5.82 Å². The lowest BCUT2D eigenvalue weighted by atomic mass is 10.1. The quantitative estimate of drug-likeness (QED) is 0.666. The number of halogens is 1. The number of nitrogens with zero attached hydrogens (tertiary/aromatic N) is 1. The van der Waals surface area contributed by atoms with E-state index in [-0.39, 0.29) is 17.1 Å². The molecule has 0 bridgehead atoms. The van der Waals surface area contributed by atoms with Crippen molar-refractivity contribution in [3.05, 3.63) is 65.7 Å². The van der Waals surface area contributed by atoms with Gasteiger partial charge >= 0.3 is 0 Å². The fourth-order valence-electron chi connectivity index (χ4n) is 1.45. The van der Waals surface area contributed by atoms with Gasteiger partial charge in [0.05, 0.1) is 5.56 Å². The lowest BCUT2D eigenvalue weighted by molar-refractivity contribution is 0.104. The van der Waals surface area contributed by atoms with Crippen LogP contribution in [0.1, 0.15) is 15.9 Å². The van der Waals surface area contributed by atoms with Crippen LogP contribution in [0.5, 0.6) is 5.75 Å². The summed E-state index contributed by atoms with van der Waals surface area (Å²) < 4.78 is 13.4. The summed E-state index contributed by atoms with van der Waals surface area (Å²) in [5, 5.41) is 9.46. The van der Waals surface area contributed by atoms with Crippen LogP contribution in [0.4, 0.5) is 4.39 Å². The number of rotatable bonds is 3. The van der Waals surface area contributed by atoms with E-state index in [1.165, 1.54) is 36.5 Å². The molecule has 18 heavy (non-hydrogen) atoms. The van der Waals surface area contributed by atoms with Gasteiger partial charge < -0.3 is 5.11 Å². The summed E-state index contributed by atoms with van der Waals surface area (Å²) >= 11 is 0. The van der Waals surface area contributed by atoms with Gasteiger partial charge in [-0.3, -0.25) is 9.78 Å². The molecule has 0 radical (unpaired) electrons. The standard InChI is InChI=1S/C14H10FNO2/c15-12-4-1-5-14(18)11(12)6-7-13(17)10-3-2-8-16-9-10/h1-9,18H. The molecule has 0 unspecified atom stereocenters. The number of carbonyl (C=O) groups is 1. The predicted octanol–water partition coefficient (Wildman–Crippen LogP) is 2.82. The minimum absolute atomic E-state index is 0.00487. The third-order valence-electron chi connectivity index (χ3n) is 2.38. The van der Waals surface area contributed by atoms with E-state index in [9.17, 15) is 14.3 Å². The molecule has 0 saturated heterocycles. The van der Waals surface area contributed by atoms with Gasteiger partial charge in [-0.15, -0.1) is 0 Å². The summed E-state index contributed by atoms with van der Waals surface area (Å²) in [6.07, 6.45) is 5.44. The first kappa shape index (κ1) is 12.0. The second kappa shape index (κ2) is 5.23. The lowest BCUT2D eigenvalue weighted by Gasteiger charge is -1.99. The van der Waals surface area contributed by atoms with Gasteiger partial charge in [0.15, 0.2) is 5.78 Å². The van der Waals surface area contributed by atoms with E-state index >= 15 is 0 Å². The van der Waals surface area contributed by atoms with Crippen molar-refractivity contribution in [1.82, 2.24) is 4.98 Å². The molecule has 0 aliphatic carbocycles. The number of hydrogen-bond acceptors (Lipinski definition) is 3. The van der Waals surface area contributed by atoms with E-state index in [1.807, 2.05) is 0 Å². The molecular formula is C14H10FNO2. The molecular weight excluding hydrogens is 233 g/mol. The number of aromatic hydroxyl groups is 1. The number of hydrogen-bond donors (Lipinski definition) is 1. The Morgan fingerprint density at radius 1 is 1.28 bits per heavy atom. The molecule has 0 aliphatic heterocycles. The number of phenols is 1. The van der Waals surface area contributed by atoms with Crippen LogP contribution in [0.2, 0.25) is 0 Å². The molecule has 4 heteroatoms. The van der Waals surface area contributed by atoms with Gasteiger partial charge in [0, 0.05) is 18.0 Å². The average Bonchev–Trinajstić information content (AvgIpc) is 2.39. The molecule has 0 atom stereocenters. The first-order chi connectivity index (χ1) is 8.68. The Morgan fingerprint density at radius 3 is 2.78 bits per heavy atom. The van der Waals surface area contributed by atoms with Gasteiger partial charge in [0.2, 0.25) is 0 Å². The molecule has 1 aromatic carbocycles. The number of benzene rings is 1. The molecule has 2 rings (SSSR count). The number of pyridine rings is 1. The van der Waals surface area contributed by atoms with Crippen LogP contribution in [0.15, 0.2) is 48.8 Å². The van der Waals surface area contributed by atoms with Gasteiger partial charge in [-0.05, 0) is 36.4 Å². The van der Waals surface area contributed by atoms with Crippen LogP contribution in [-0.4, -0.2) is 15.9 Å². The Bertz CT molecular complexity index is 574. The summed E-state index contributed by atoms with van der Waals surface area (Å²) in [7, 11) is 0. The summed E-state index contributed by atoms with van der Waals surface area (Å²) in [4.78, 5) is 15.5. The minimum atomic E-state index is -0.578. The van der Waals surface area contributed by atoms with Crippen molar-refractivity contribution in [2.45, 2.75) is 0 Å². The normalized spacial score (nSPS) is 10.7. The molecule has 0 spiro atoms. The maximum absolute atomic E-state index is 13.4. The number of aromatic nitrogens is 1. The first-order valence-electron chi connectivity index (χ1n) is 5.28. The summed E-state index contributed by atoms with van der Waals surface area (Å²) in [5.74, 6) is -1.08. The Hall–Kier alpha value is -2.49. The van der Waals surface area contributed by atoms with Crippen molar-refractivity contribution in [2.24, 2.45) is 0 Å². The van der Waals surface area contributed by atoms with Crippen molar-refractivity contribution in [2.75, 3.05) is 0 Å². The molecule has 2 aromatic rings. The Balaban J connectivity index is 2.24. The molecule has 0 saturated carbocycles. The van der Waals surface area contributed by atoms with Gasteiger partial charge in [-0.25, -0.2) is 4.39 Å². The zero-order valence-electron chi connectivity index (χ0n) is 9.38. The number of ketones is 1. The van der Waals surface area contributed by atoms with E-state index in [0.29, 0.717) is 5.56 Å². The predicted molar refractivity (Wildman–Crippen MR) is 65.7 cm³/mol. The summed E-state index contributed by atoms with van der Waals surface area (Å²) in [6, 6.07) is 7.22. The van der Waals surface area contributed by atoms with E-state index < -0.39 is 5.82 Å². The highest BCUT2D eigenvalue weighted by molar-refractivity contribution is 6.06. The highest BCUT2D eigenvalue weighted by Gasteiger charge is 2.05. The van der Waals surface area contributed by atoms with Gasteiger partial charge in [0.1, 0.15) is 11.6 Å². The maximum atomic E-state index is 13.4. The zero-order chi connectivity index (χ0) is 13.0. The van der Waals surface area contributed by atoms with Gasteiger partial charge in [-0.1, -0.05) is 6.07 Å². The number of allylic oxidation sites excluding steroid dienone is 1. The molecule has 3 nitrogen and oxygen atoms in total. The Labute approximate surface area is 103 Å². The Kier molecular flexibility index (Phi) is 3.48. The second-order valence-electron chi connectivity index (χ2n) is 3.61. The summed E-state index contributed by atoms with van der Waals surface area (Å²) in [5.41, 5.74) is 0.402. The number of phenolic OH excluding ortho intramolecular Hbond substituents is 1. The van der Waals surface area contributed by atoms with Crippen LogP contribution in [0.25, 0.3) is 6.08 Å². The van der Waals surface area contributed by atoms with Crippen molar-refractivity contribution < 1.29 is 14.3 Å². The lowest BCUT2D eigenvalue weighted by Crippen LogP contribution is -1.94. The fraction of sp³-hybridized carbons (Fsp3) is 0. The topological polar surface area (TPSA) is 50.2 Å². The van der Waals surface area contributed by atoms with Crippen LogP contribution in [-0.2, 0) is 0 Å². The van der Waals surface area contributed by atoms with Gasteiger partial charge in [0.25, 0.3) is 0 Å². The molecule has 1 aromatic heterocycles. The highest BCUT2D eigenvalue weighted by atomic mass is 19.1. The Morgan fingerprint density at radius 2 is 2.11 bits per heavy atom. The largest absolute Gasteiger partial charge is 0.507 e. The van der Waals surface area contributed by atoms with E-state index in [1.54, 1.807) is 18.3 Å². The van der Waals surface area contributed by atoms with Crippen LogP contribution < -0.4 is 0 Å².